The van der Waals surface area contributed by atoms with Crippen LogP contribution in [0.3, 0.4) is 0 Å². The van der Waals surface area contributed by atoms with E-state index in [4.69, 9.17) is 9.40 Å². The van der Waals surface area contributed by atoms with E-state index in [0.717, 1.165) is 61.3 Å². The summed E-state index contributed by atoms with van der Waals surface area (Å²) < 4.78 is 11.1. The van der Waals surface area contributed by atoms with Crippen LogP contribution in [-0.2, 0) is 20.1 Å². The van der Waals surface area contributed by atoms with Gasteiger partial charge >= 0.3 is 0 Å². The second-order valence-corrected chi connectivity index (χ2v) is 13.2. The first kappa shape index (κ1) is 32.1. The Bertz CT molecular complexity index is 3170. The van der Waals surface area contributed by atoms with Gasteiger partial charge in [0, 0.05) is 58.9 Å². The van der Waals surface area contributed by atoms with Gasteiger partial charge in [0.1, 0.15) is 5.58 Å². The maximum absolute atomic E-state index is 6.45. The molecular weight excluding hydrogens is 841 g/mol. The molecule has 1 radical (unpaired) electrons. The summed E-state index contributed by atoms with van der Waals surface area (Å²) in [6.45, 7) is 0. The van der Waals surface area contributed by atoms with Crippen LogP contribution in [0.4, 0.5) is 0 Å². The van der Waals surface area contributed by atoms with Crippen LogP contribution in [0, 0.1) is 12.1 Å². The Hall–Kier alpha value is -6.59. The van der Waals surface area contributed by atoms with Crippen LogP contribution in [0.25, 0.3) is 99.4 Å². The van der Waals surface area contributed by atoms with E-state index in [1.165, 1.54) is 38.1 Å². The Morgan fingerprint density at radius 1 is 0.537 bits per heavy atom. The molecule has 54 heavy (non-hydrogen) atoms. The van der Waals surface area contributed by atoms with E-state index >= 15 is 0 Å². The molecular formula is C48H28IrN4O-2. The molecule has 257 valence electrons. The van der Waals surface area contributed by atoms with Crippen LogP contribution in [0.2, 0.25) is 0 Å². The fourth-order valence-electron chi connectivity index (χ4n) is 7.95. The number of hydrogen-bond acceptors (Lipinski definition) is 3. The molecule has 7 aromatic carbocycles. The van der Waals surface area contributed by atoms with Gasteiger partial charge in [-0.05, 0) is 54.2 Å². The van der Waals surface area contributed by atoms with Gasteiger partial charge < -0.3 is 18.4 Å². The van der Waals surface area contributed by atoms with E-state index < -0.39 is 0 Å². The summed E-state index contributed by atoms with van der Waals surface area (Å²) in [4.78, 5) is 9.41. The molecule has 0 atom stereocenters. The van der Waals surface area contributed by atoms with Crippen molar-refractivity contribution in [3.63, 3.8) is 0 Å². The summed E-state index contributed by atoms with van der Waals surface area (Å²) in [5.41, 5.74) is 11.3. The zero-order valence-electron chi connectivity index (χ0n) is 28.7. The molecule has 0 unspecified atom stereocenters. The van der Waals surface area contributed by atoms with Crippen molar-refractivity contribution in [2.45, 2.75) is 0 Å². The zero-order valence-corrected chi connectivity index (χ0v) is 31.1. The molecule has 5 aromatic heterocycles. The zero-order chi connectivity index (χ0) is 34.9. The predicted molar refractivity (Wildman–Crippen MR) is 216 cm³/mol. The van der Waals surface area contributed by atoms with Gasteiger partial charge in [-0.3, -0.25) is 4.98 Å². The fourth-order valence-corrected chi connectivity index (χ4v) is 7.95. The van der Waals surface area contributed by atoms with Crippen LogP contribution in [0.1, 0.15) is 0 Å². The van der Waals surface area contributed by atoms with Crippen molar-refractivity contribution in [1.82, 2.24) is 18.9 Å². The van der Waals surface area contributed by atoms with Crippen molar-refractivity contribution in [3.05, 3.63) is 182 Å². The van der Waals surface area contributed by atoms with Gasteiger partial charge in [-0.2, -0.15) is 0 Å². The molecule has 0 fully saturated rings. The van der Waals surface area contributed by atoms with E-state index in [2.05, 4.69) is 123 Å². The first-order valence-electron chi connectivity index (χ1n) is 17.7. The van der Waals surface area contributed by atoms with E-state index in [-0.39, 0.29) is 20.1 Å². The Labute approximate surface area is 323 Å². The van der Waals surface area contributed by atoms with Gasteiger partial charge in [0.05, 0.1) is 39.0 Å². The number of para-hydroxylation sites is 5. The Morgan fingerprint density at radius 3 is 1.93 bits per heavy atom. The second-order valence-electron chi connectivity index (χ2n) is 13.2. The van der Waals surface area contributed by atoms with Crippen LogP contribution < -0.4 is 0 Å². The average Bonchev–Trinajstić information content (AvgIpc) is 3.99. The number of furan rings is 1. The van der Waals surface area contributed by atoms with Crippen molar-refractivity contribution in [1.29, 1.82) is 0 Å². The summed E-state index contributed by atoms with van der Waals surface area (Å²) >= 11 is 0. The van der Waals surface area contributed by atoms with E-state index in [9.17, 15) is 0 Å². The molecule has 12 aromatic rings. The molecule has 0 aliphatic carbocycles. The monoisotopic (exact) mass is 869 g/mol. The number of pyridine rings is 1. The van der Waals surface area contributed by atoms with Crippen molar-refractivity contribution < 1.29 is 24.5 Å². The fraction of sp³-hybridized carbons (Fsp3) is 0. The first-order chi connectivity index (χ1) is 26.3. The van der Waals surface area contributed by atoms with Gasteiger partial charge in [0.25, 0.3) is 0 Å². The minimum Gasteiger partial charge on any atom is -0.501 e. The second kappa shape index (κ2) is 12.8. The first-order valence-corrected chi connectivity index (χ1v) is 17.7. The SMILES string of the molecule is [Ir].[c-]1ccc2c(oc3ccccc32)c1-c1nc2ccccc2n1-c1cc2c3ccccc3n3c4ccccc4c(c1)c23.[c-]1ccccc1-c1ccccn1. The van der Waals surface area contributed by atoms with Gasteiger partial charge in [0.15, 0.2) is 0 Å². The number of imidazole rings is 1. The molecule has 0 aliphatic rings. The maximum atomic E-state index is 6.45. The molecule has 0 spiro atoms. The molecule has 0 saturated heterocycles. The summed E-state index contributed by atoms with van der Waals surface area (Å²) in [7, 11) is 0. The van der Waals surface area contributed by atoms with Crippen LogP contribution >= 0.6 is 0 Å². The minimum absolute atomic E-state index is 0. The number of benzene rings is 7. The summed E-state index contributed by atoms with van der Waals surface area (Å²) in [5, 5.41) is 7.13. The third-order valence-electron chi connectivity index (χ3n) is 10.2. The van der Waals surface area contributed by atoms with Crippen molar-refractivity contribution in [2.24, 2.45) is 0 Å². The molecule has 5 heterocycles. The number of nitrogens with zero attached hydrogens (tertiary/aromatic N) is 4. The van der Waals surface area contributed by atoms with Crippen molar-refractivity contribution in [2.75, 3.05) is 0 Å². The molecule has 0 saturated carbocycles. The number of fused-ring (bicyclic) bond motifs is 10. The summed E-state index contributed by atoms with van der Waals surface area (Å²) in [6, 6.07) is 62.9. The average molecular weight is 869 g/mol. The maximum Gasteiger partial charge on any atom is 0.120 e. The summed E-state index contributed by atoms with van der Waals surface area (Å²) in [6.07, 6.45) is 1.79. The van der Waals surface area contributed by atoms with E-state index in [0.29, 0.717) is 0 Å². The Kier molecular flexibility index (Phi) is 7.62. The van der Waals surface area contributed by atoms with Crippen molar-refractivity contribution in [3.8, 4) is 28.3 Å². The van der Waals surface area contributed by atoms with Crippen LogP contribution in [0.5, 0.6) is 0 Å². The van der Waals surface area contributed by atoms with Crippen LogP contribution in [0.15, 0.2) is 174 Å². The number of hydrogen-bond donors (Lipinski definition) is 0. The normalized spacial score (nSPS) is 11.6. The molecule has 5 nitrogen and oxygen atoms in total. The van der Waals surface area contributed by atoms with Gasteiger partial charge in [-0.1, -0.05) is 89.8 Å². The minimum atomic E-state index is 0. The quantitative estimate of drug-likeness (QED) is 0.166. The van der Waals surface area contributed by atoms with Crippen molar-refractivity contribution >= 4 is 71.1 Å². The van der Waals surface area contributed by atoms with E-state index in [1.54, 1.807) is 6.20 Å². The van der Waals surface area contributed by atoms with E-state index in [1.807, 2.05) is 66.7 Å². The third kappa shape index (κ3) is 4.88. The number of rotatable bonds is 3. The predicted octanol–water partition coefficient (Wildman–Crippen LogP) is 12.1. The van der Waals surface area contributed by atoms with Gasteiger partial charge in [-0.25, -0.2) is 0 Å². The Balaban J connectivity index is 0.000000238. The molecule has 12 rings (SSSR count). The van der Waals surface area contributed by atoms with Crippen LogP contribution in [-0.4, -0.2) is 18.9 Å². The third-order valence-corrected chi connectivity index (χ3v) is 10.2. The molecule has 0 bridgehead atoms. The molecule has 6 heteroatoms. The largest absolute Gasteiger partial charge is 0.501 e. The molecule has 0 aliphatic heterocycles. The Morgan fingerprint density at radius 2 is 1.20 bits per heavy atom. The topological polar surface area (TPSA) is 48.3 Å². The number of aromatic nitrogens is 4. The smallest absolute Gasteiger partial charge is 0.120 e. The standard InChI is InChI=1S/C37H20N3O.C11H8N.Ir/c1-5-16-31-23(10-1)28-20-22(21-29-24-11-2-6-17-32(24)40(31)35(28)29)39-33-18-7-4-15-30(33)38-37(39)27-14-9-13-26-25-12-3-8-19-34(25)41-36(26)27;1-2-6-10(7-3-1)11-8-4-5-9-12-11;/h1-13,15-21H;1-6,8-9H;/q2*-1;. The van der Waals surface area contributed by atoms with Gasteiger partial charge in [0.2, 0.25) is 0 Å². The van der Waals surface area contributed by atoms with Gasteiger partial charge in [-0.15, -0.1) is 54.1 Å². The molecule has 0 N–H and O–H groups in total. The molecule has 0 amide bonds. The summed E-state index contributed by atoms with van der Waals surface area (Å²) in [5.74, 6) is 0.817.